The number of aryl methyl sites for hydroxylation is 1. The summed E-state index contributed by atoms with van der Waals surface area (Å²) >= 11 is 0. The average Bonchev–Trinajstić information content (AvgIpc) is 2.98. The fraction of sp³-hybridized carbons (Fsp3) is 0.550. The van der Waals surface area contributed by atoms with Crippen molar-refractivity contribution >= 4 is 22.9 Å². The Kier molecular flexibility index (Phi) is 8.10. The number of rotatable bonds is 9. The van der Waals surface area contributed by atoms with E-state index < -0.39 is 0 Å². The molecule has 1 aromatic carbocycles. The average molecular weight is 373 g/mol. The van der Waals surface area contributed by atoms with Gasteiger partial charge in [-0.3, -0.25) is 9.79 Å². The summed E-state index contributed by atoms with van der Waals surface area (Å²) in [5, 5.41) is 6.58. The summed E-state index contributed by atoms with van der Waals surface area (Å²) in [5.74, 6) is 1.90. The molecule has 0 bridgehead atoms. The maximum atomic E-state index is 12.1. The van der Waals surface area contributed by atoms with Crippen molar-refractivity contribution < 1.29 is 4.79 Å². The molecule has 1 heterocycles. The van der Waals surface area contributed by atoms with Crippen LogP contribution in [0.25, 0.3) is 11.0 Å². The zero-order valence-corrected chi connectivity index (χ0v) is 17.0. The molecule has 1 amide bonds. The molecule has 0 saturated heterocycles. The van der Waals surface area contributed by atoms with E-state index in [1.165, 1.54) is 0 Å². The monoisotopic (exact) mass is 372 g/mol. The van der Waals surface area contributed by atoms with Crippen molar-refractivity contribution in [3.8, 4) is 0 Å². The molecule has 0 aliphatic rings. The normalized spacial score (nSPS) is 11.6. The number of benzene rings is 1. The Hall–Kier alpha value is -2.57. The largest absolute Gasteiger partial charge is 0.357 e. The molecule has 0 radical (unpaired) electrons. The second-order valence-corrected chi connectivity index (χ2v) is 6.30. The van der Waals surface area contributed by atoms with Crippen molar-refractivity contribution in [2.75, 3.05) is 32.7 Å². The Balaban J connectivity index is 1.90. The van der Waals surface area contributed by atoms with Crippen LogP contribution < -0.4 is 10.6 Å². The number of imidazole rings is 1. The minimum absolute atomic E-state index is 0.153. The molecule has 7 nitrogen and oxygen atoms in total. The molecule has 0 unspecified atom stereocenters. The Bertz CT molecular complexity index is 763. The third-order valence-corrected chi connectivity index (χ3v) is 4.53. The molecule has 0 saturated carbocycles. The number of hydrogen-bond donors (Lipinski definition) is 2. The van der Waals surface area contributed by atoms with E-state index in [0.717, 1.165) is 55.5 Å². The highest BCUT2D eigenvalue weighted by Crippen LogP contribution is 2.14. The maximum Gasteiger partial charge on any atom is 0.224 e. The maximum absolute atomic E-state index is 12.1. The standard InChI is InChI=1S/C20H32N6O/c1-5-21-20(22-13-12-19(27)25(6-2)7-3)23-14-15-26-16(4)24-17-10-8-9-11-18(17)26/h8-11H,5-7,12-15H2,1-4H3,(H2,21,22,23). The molecule has 2 rings (SSSR count). The number of nitrogens with zero attached hydrogens (tertiary/aromatic N) is 4. The first-order chi connectivity index (χ1) is 13.1. The summed E-state index contributed by atoms with van der Waals surface area (Å²) in [5.41, 5.74) is 2.16. The van der Waals surface area contributed by atoms with Gasteiger partial charge in [-0.25, -0.2) is 4.98 Å². The molecule has 7 heteroatoms. The van der Waals surface area contributed by atoms with Gasteiger partial charge < -0.3 is 20.1 Å². The van der Waals surface area contributed by atoms with E-state index in [1.54, 1.807) is 0 Å². The fourth-order valence-electron chi connectivity index (χ4n) is 3.10. The topological polar surface area (TPSA) is 74.6 Å². The zero-order chi connectivity index (χ0) is 19.6. The SMILES string of the molecule is CCNC(=NCCC(=O)N(CC)CC)NCCn1c(C)nc2ccccc21. The summed E-state index contributed by atoms with van der Waals surface area (Å²) in [4.78, 5) is 23.0. The lowest BCUT2D eigenvalue weighted by Gasteiger charge is -2.18. The molecule has 2 N–H and O–H groups in total. The van der Waals surface area contributed by atoms with E-state index in [9.17, 15) is 4.79 Å². The van der Waals surface area contributed by atoms with Crippen LogP contribution in [0.1, 0.15) is 33.0 Å². The van der Waals surface area contributed by atoms with Gasteiger partial charge >= 0.3 is 0 Å². The van der Waals surface area contributed by atoms with Crippen LogP contribution in [0.3, 0.4) is 0 Å². The van der Waals surface area contributed by atoms with Crippen LogP contribution in [0, 0.1) is 6.92 Å². The molecule has 148 valence electrons. The molecule has 1 aromatic heterocycles. The summed E-state index contributed by atoms with van der Waals surface area (Å²) in [6.45, 7) is 12.3. The van der Waals surface area contributed by atoms with Gasteiger partial charge in [0.15, 0.2) is 5.96 Å². The van der Waals surface area contributed by atoms with Crippen molar-refractivity contribution in [1.82, 2.24) is 25.1 Å². The molecule has 27 heavy (non-hydrogen) atoms. The van der Waals surface area contributed by atoms with E-state index >= 15 is 0 Å². The molecule has 0 aliphatic carbocycles. The Labute approximate surface area is 161 Å². The van der Waals surface area contributed by atoms with E-state index in [4.69, 9.17) is 0 Å². The number of para-hydroxylation sites is 2. The van der Waals surface area contributed by atoms with Gasteiger partial charge in [-0.05, 0) is 39.8 Å². The lowest BCUT2D eigenvalue weighted by molar-refractivity contribution is -0.130. The van der Waals surface area contributed by atoms with Gasteiger partial charge in [-0.1, -0.05) is 12.1 Å². The second kappa shape index (κ2) is 10.5. The first-order valence-corrected chi connectivity index (χ1v) is 9.82. The van der Waals surface area contributed by atoms with Crippen molar-refractivity contribution in [3.63, 3.8) is 0 Å². The molecular weight excluding hydrogens is 340 g/mol. The second-order valence-electron chi connectivity index (χ2n) is 6.30. The van der Waals surface area contributed by atoms with E-state index in [2.05, 4.69) is 31.2 Å². The lowest BCUT2D eigenvalue weighted by atomic mass is 10.3. The highest BCUT2D eigenvalue weighted by molar-refractivity contribution is 5.81. The molecular formula is C20H32N6O. The summed E-state index contributed by atoms with van der Waals surface area (Å²) in [7, 11) is 0. The van der Waals surface area contributed by atoms with Crippen LogP contribution in [0.4, 0.5) is 0 Å². The number of nitrogens with one attached hydrogen (secondary N) is 2. The predicted octanol–water partition coefficient (Wildman–Crippen LogP) is 2.16. The first-order valence-electron chi connectivity index (χ1n) is 9.82. The van der Waals surface area contributed by atoms with Crippen molar-refractivity contribution in [3.05, 3.63) is 30.1 Å². The minimum atomic E-state index is 0.153. The quantitative estimate of drug-likeness (QED) is 0.522. The van der Waals surface area contributed by atoms with Crippen LogP contribution in [-0.2, 0) is 11.3 Å². The summed E-state index contributed by atoms with van der Waals surface area (Å²) in [6.07, 6.45) is 0.434. The number of amides is 1. The minimum Gasteiger partial charge on any atom is -0.357 e. The van der Waals surface area contributed by atoms with Gasteiger partial charge in [0.2, 0.25) is 5.91 Å². The van der Waals surface area contributed by atoms with Crippen molar-refractivity contribution in [1.29, 1.82) is 0 Å². The third kappa shape index (κ3) is 5.70. The van der Waals surface area contributed by atoms with Gasteiger partial charge in [0.05, 0.1) is 17.6 Å². The molecule has 2 aromatic rings. The van der Waals surface area contributed by atoms with Crippen molar-refractivity contribution in [2.45, 2.75) is 40.7 Å². The van der Waals surface area contributed by atoms with E-state index in [-0.39, 0.29) is 5.91 Å². The number of hydrogen-bond acceptors (Lipinski definition) is 3. The van der Waals surface area contributed by atoms with Crippen LogP contribution in [-0.4, -0.2) is 59.0 Å². The Morgan fingerprint density at radius 3 is 2.63 bits per heavy atom. The van der Waals surface area contributed by atoms with E-state index in [1.807, 2.05) is 50.8 Å². The number of fused-ring (bicyclic) bond motifs is 1. The van der Waals surface area contributed by atoms with Gasteiger partial charge in [0.1, 0.15) is 5.82 Å². The number of carbonyl (C=O) groups excluding carboxylic acids is 1. The van der Waals surface area contributed by atoms with Crippen LogP contribution in [0.15, 0.2) is 29.3 Å². The zero-order valence-electron chi connectivity index (χ0n) is 17.0. The lowest BCUT2D eigenvalue weighted by Crippen LogP contribution is -2.39. The van der Waals surface area contributed by atoms with Crippen LogP contribution in [0.2, 0.25) is 0 Å². The number of aromatic nitrogens is 2. The summed E-state index contributed by atoms with van der Waals surface area (Å²) < 4.78 is 2.20. The van der Waals surface area contributed by atoms with Gasteiger partial charge in [-0.2, -0.15) is 0 Å². The third-order valence-electron chi connectivity index (χ3n) is 4.53. The van der Waals surface area contributed by atoms with E-state index in [0.29, 0.717) is 13.0 Å². The van der Waals surface area contributed by atoms with Crippen molar-refractivity contribution in [2.24, 2.45) is 4.99 Å². The number of guanidine groups is 1. The molecule has 0 atom stereocenters. The molecule has 0 spiro atoms. The highest BCUT2D eigenvalue weighted by atomic mass is 16.2. The van der Waals surface area contributed by atoms with Crippen LogP contribution in [0.5, 0.6) is 0 Å². The van der Waals surface area contributed by atoms with Gasteiger partial charge in [0, 0.05) is 39.1 Å². The Morgan fingerprint density at radius 1 is 1.19 bits per heavy atom. The smallest absolute Gasteiger partial charge is 0.224 e. The predicted molar refractivity (Wildman–Crippen MR) is 111 cm³/mol. The van der Waals surface area contributed by atoms with Gasteiger partial charge in [-0.15, -0.1) is 0 Å². The number of carbonyl (C=O) groups is 1. The van der Waals surface area contributed by atoms with Gasteiger partial charge in [0.25, 0.3) is 0 Å². The van der Waals surface area contributed by atoms with Crippen LogP contribution >= 0.6 is 0 Å². The molecule has 0 aliphatic heterocycles. The first kappa shape index (κ1) is 20.7. The highest BCUT2D eigenvalue weighted by Gasteiger charge is 2.09. The number of aliphatic imine (C=N–C) groups is 1. The molecule has 0 fully saturated rings. The Morgan fingerprint density at radius 2 is 1.93 bits per heavy atom. The summed E-state index contributed by atoms with van der Waals surface area (Å²) in [6, 6.07) is 8.16. The fourth-order valence-corrected chi connectivity index (χ4v) is 3.10.